The van der Waals surface area contributed by atoms with Crippen LogP contribution < -0.4 is 11.5 Å². The van der Waals surface area contributed by atoms with E-state index in [1.807, 2.05) is 0 Å². The van der Waals surface area contributed by atoms with Gasteiger partial charge in [-0.15, -0.1) is 0 Å². The van der Waals surface area contributed by atoms with Gasteiger partial charge in [-0.3, -0.25) is 9.05 Å². The van der Waals surface area contributed by atoms with Crippen LogP contribution in [0.15, 0.2) is 0 Å². The molecule has 10 nitrogen and oxygen atoms in total. The first kappa shape index (κ1) is 22.9. The van der Waals surface area contributed by atoms with Crippen LogP contribution >= 0.6 is 15.6 Å². The zero-order chi connectivity index (χ0) is 13.2. The summed E-state index contributed by atoms with van der Waals surface area (Å²) >= 11 is 0. The minimum absolute atomic E-state index is 0. The Morgan fingerprint density at radius 1 is 0.824 bits per heavy atom. The van der Waals surface area contributed by atoms with Crippen molar-refractivity contribution in [3.05, 3.63) is 0 Å². The van der Waals surface area contributed by atoms with E-state index in [-0.39, 0.29) is 45.8 Å². The van der Waals surface area contributed by atoms with E-state index in [1.54, 1.807) is 0 Å². The molecule has 0 heterocycles. The topological polar surface area (TPSA) is 186 Å². The van der Waals surface area contributed by atoms with E-state index in [1.165, 1.54) is 0 Å². The molecule has 13 heteroatoms. The van der Waals surface area contributed by atoms with Gasteiger partial charge in [-0.1, -0.05) is 0 Å². The number of phosphoric ester groups is 2. The summed E-state index contributed by atoms with van der Waals surface area (Å²) < 4.78 is 27.5. The van der Waals surface area contributed by atoms with Crippen molar-refractivity contribution in [2.24, 2.45) is 11.5 Å². The third kappa shape index (κ3) is 31.5. The summed E-state index contributed by atoms with van der Waals surface area (Å²) in [4.78, 5) is 31.9. The standard InChI is InChI=1S/2C2H8NO4P.Zn/c2*3-1-2-7-8(4,5)6;/h2*1-3H2,(H2,4,5,6);. The fourth-order valence-electron chi connectivity index (χ4n) is 0.343. The van der Waals surface area contributed by atoms with Crippen molar-refractivity contribution in [3.8, 4) is 0 Å². The Morgan fingerprint density at radius 2 is 1.06 bits per heavy atom. The first-order valence-electron chi connectivity index (χ1n) is 3.92. The molecule has 0 atom stereocenters. The van der Waals surface area contributed by atoms with Crippen molar-refractivity contribution in [2.75, 3.05) is 26.3 Å². The van der Waals surface area contributed by atoms with Gasteiger partial charge < -0.3 is 31.0 Å². The number of hydrogen-bond acceptors (Lipinski definition) is 6. The Bertz CT molecular complexity index is 228. The van der Waals surface area contributed by atoms with Crippen LogP contribution in [0.5, 0.6) is 0 Å². The normalized spacial score (nSPS) is 11.2. The minimum Gasteiger partial charge on any atom is -0.328 e. The van der Waals surface area contributed by atoms with Crippen molar-refractivity contribution < 1.29 is 57.2 Å². The number of hydrogen-bond donors (Lipinski definition) is 6. The van der Waals surface area contributed by atoms with Gasteiger partial charge in [-0.2, -0.15) is 0 Å². The fourth-order valence-corrected chi connectivity index (χ4v) is 1.03. The Morgan fingerprint density at radius 3 is 1.12 bits per heavy atom. The summed E-state index contributed by atoms with van der Waals surface area (Å²) in [7, 11) is -8.52. The largest absolute Gasteiger partial charge is 0.469 e. The van der Waals surface area contributed by atoms with E-state index < -0.39 is 15.6 Å². The van der Waals surface area contributed by atoms with Gasteiger partial charge in [0.05, 0.1) is 13.2 Å². The number of rotatable bonds is 6. The number of phosphoric acid groups is 2. The van der Waals surface area contributed by atoms with Crippen LogP contribution in [-0.4, -0.2) is 45.9 Å². The van der Waals surface area contributed by atoms with Crippen molar-refractivity contribution in [2.45, 2.75) is 0 Å². The molecule has 0 saturated carbocycles. The second-order valence-corrected chi connectivity index (χ2v) is 4.70. The zero-order valence-corrected chi connectivity index (χ0v) is 13.8. The molecule has 102 valence electrons. The van der Waals surface area contributed by atoms with Gasteiger partial charge in [0.15, 0.2) is 0 Å². The van der Waals surface area contributed by atoms with Crippen molar-refractivity contribution in [1.82, 2.24) is 0 Å². The molecule has 0 saturated heterocycles. The SMILES string of the molecule is NCCOP(=O)(O)O.NCCOP(=O)(O)O.[Zn]. The molecule has 0 spiro atoms. The summed E-state index contributed by atoms with van der Waals surface area (Å²) in [6, 6.07) is 0. The number of nitrogens with two attached hydrogens (primary N) is 2. The molecule has 17 heavy (non-hydrogen) atoms. The predicted octanol–water partition coefficient (Wildman–Crippen LogP) is -1.89. The van der Waals surface area contributed by atoms with Crippen molar-refractivity contribution in [1.29, 1.82) is 0 Å². The van der Waals surface area contributed by atoms with Gasteiger partial charge >= 0.3 is 15.6 Å². The molecule has 8 N–H and O–H groups in total. The van der Waals surface area contributed by atoms with Gasteiger partial charge in [-0.05, 0) is 0 Å². The van der Waals surface area contributed by atoms with Crippen molar-refractivity contribution >= 4 is 15.6 Å². The van der Waals surface area contributed by atoms with Gasteiger partial charge in [-0.25, -0.2) is 9.13 Å². The summed E-state index contributed by atoms with van der Waals surface area (Å²) in [6.45, 7) is 0.0186. The van der Waals surface area contributed by atoms with Crippen molar-refractivity contribution in [3.63, 3.8) is 0 Å². The third-order valence-electron chi connectivity index (χ3n) is 0.755. The Balaban J connectivity index is -0.000000218. The molecule has 0 bridgehead atoms. The zero-order valence-electron chi connectivity index (χ0n) is 9.01. The molecular formula is C4H16N2O8P2Zn. The van der Waals surface area contributed by atoms with E-state index in [4.69, 9.17) is 31.0 Å². The van der Waals surface area contributed by atoms with Crippen LogP contribution in [0.3, 0.4) is 0 Å². The molecule has 0 aliphatic carbocycles. The molecule has 0 rings (SSSR count). The molecule has 0 radical (unpaired) electrons. The van der Waals surface area contributed by atoms with Gasteiger partial charge in [0.25, 0.3) is 0 Å². The Kier molecular flexibility index (Phi) is 15.9. The maximum Gasteiger partial charge on any atom is 0.469 e. The Hall–Kier alpha value is 0.763. The van der Waals surface area contributed by atoms with Crippen LogP contribution in [0, 0.1) is 0 Å². The second kappa shape index (κ2) is 11.8. The molecule has 0 aromatic rings. The van der Waals surface area contributed by atoms with E-state index in [9.17, 15) is 9.13 Å². The molecule has 0 aliphatic heterocycles. The average molecular weight is 348 g/mol. The summed E-state index contributed by atoms with van der Waals surface area (Å²) in [6.07, 6.45) is 0. The van der Waals surface area contributed by atoms with E-state index >= 15 is 0 Å². The second-order valence-electron chi connectivity index (χ2n) is 2.22. The minimum atomic E-state index is -4.26. The van der Waals surface area contributed by atoms with Crippen LogP contribution in [0.25, 0.3) is 0 Å². The molecule has 0 unspecified atom stereocenters. The first-order valence-corrected chi connectivity index (χ1v) is 6.98. The van der Waals surface area contributed by atoms with Crippen LogP contribution in [0.2, 0.25) is 0 Å². The van der Waals surface area contributed by atoms with Crippen LogP contribution in [0.4, 0.5) is 0 Å². The smallest absolute Gasteiger partial charge is 0.328 e. The maximum atomic E-state index is 9.81. The molecule has 0 fully saturated rings. The monoisotopic (exact) mass is 346 g/mol. The summed E-state index contributed by atoms with van der Waals surface area (Å²) in [5.41, 5.74) is 9.73. The van der Waals surface area contributed by atoms with Crippen LogP contribution in [0.1, 0.15) is 0 Å². The third-order valence-corrected chi connectivity index (χ3v) is 1.79. The summed E-state index contributed by atoms with van der Waals surface area (Å²) in [5, 5.41) is 0. The van der Waals surface area contributed by atoms with Gasteiger partial charge in [0.2, 0.25) is 0 Å². The molecule has 0 aromatic heterocycles. The van der Waals surface area contributed by atoms with Gasteiger partial charge in [0.1, 0.15) is 0 Å². The molecular weight excluding hydrogens is 331 g/mol. The van der Waals surface area contributed by atoms with Gasteiger partial charge in [0, 0.05) is 32.6 Å². The molecule has 0 aliphatic rings. The van der Waals surface area contributed by atoms with Crippen LogP contribution in [-0.2, 0) is 37.7 Å². The van der Waals surface area contributed by atoms with E-state index in [0.29, 0.717) is 0 Å². The predicted molar refractivity (Wildman–Crippen MR) is 54.1 cm³/mol. The van der Waals surface area contributed by atoms with E-state index in [2.05, 4.69) is 9.05 Å². The summed E-state index contributed by atoms with van der Waals surface area (Å²) in [5.74, 6) is 0. The fraction of sp³-hybridized carbons (Fsp3) is 1.00. The quantitative estimate of drug-likeness (QED) is 0.234. The maximum absolute atomic E-state index is 9.81. The average Bonchev–Trinajstić information content (AvgIpc) is 2.10. The molecule has 0 aromatic carbocycles. The first-order chi connectivity index (χ1) is 7.12. The Labute approximate surface area is 111 Å². The molecule has 0 amide bonds. The van der Waals surface area contributed by atoms with E-state index in [0.717, 1.165) is 0 Å².